The van der Waals surface area contributed by atoms with Crippen LogP contribution in [0.25, 0.3) is 11.1 Å². The number of methoxy groups -OCH3 is 1. The minimum Gasteiger partial charge on any atom is -0.481 e. The second-order valence-corrected chi connectivity index (χ2v) is 9.35. The molecule has 8 nitrogen and oxygen atoms in total. The zero-order chi connectivity index (χ0) is 25.0. The molecule has 1 heterocycles. The fraction of sp³-hybridized carbons (Fsp3) is 0.444. The molecule has 35 heavy (non-hydrogen) atoms. The Hall–Kier alpha value is -3.39. The molecule has 2 aliphatic rings. The van der Waals surface area contributed by atoms with Gasteiger partial charge in [0.05, 0.1) is 5.41 Å². The van der Waals surface area contributed by atoms with Crippen LogP contribution >= 0.6 is 0 Å². The Bertz CT molecular complexity index is 1050. The summed E-state index contributed by atoms with van der Waals surface area (Å²) in [5, 5.41) is 12.3. The van der Waals surface area contributed by atoms with Crippen LogP contribution in [0.5, 0.6) is 0 Å². The average Bonchev–Trinajstić information content (AvgIpc) is 3.19. The Morgan fingerprint density at radius 2 is 1.63 bits per heavy atom. The predicted octanol–water partition coefficient (Wildman–Crippen LogP) is 3.64. The number of piperidine rings is 1. The molecular weight excluding hydrogens is 448 g/mol. The lowest BCUT2D eigenvalue weighted by molar-refractivity contribution is -0.156. The number of carboxylic acid groups (broad SMARTS) is 1. The van der Waals surface area contributed by atoms with Crippen molar-refractivity contribution >= 4 is 18.0 Å². The molecule has 0 radical (unpaired) electrons. The number of rotatable bonds is 8. The summed E-state index contributed by atoms with van der Waals surface area (Å²) in [6.07, 6.45) is 0.475. The van der Waals surface area contributed by atoms with E-state index in [1.165, 1.54) is 0 Å². The molecule has 2 amide bonds. The number of likely N-dealkylation sites (tertiary alicyclic amines) is 1. The van der Waals surface area contributed by atoms with Crippen LogP contribution in [0.15, 0.2) is 48.5 Å². The van der Waals surface area contributed by atoms with Crippen molar-refractivity contribution in [2.24, 2.45) is 5.41 Å². The molecule has 1 aliphatic carbocycles. The Balaban J connectivity index is 1.31. The van der Waals surface area contributed by atoms with Gasteiger partial charge in [-0.15, -0.1) is 0 Å². The Morgan fingerprint density at radius 3 is 2.17 bits per heavy atom. The van der Waals surface area contributed by atoms with E-state index < -0.39 is 23.5 Å². The first kappa shape index (κ1) is 24.7. The van der Waals surface area contributed by atoms with Crippen LogP contribution < -0.4 is 5.32 Å². The lowest BCUT2D eigenvalue weighted by Crippen LogP contribution is -2.52. The lowest BCUT2D eigenvalue weighted by atomic mass is 9.76. The molecule has 2 aromatic carbocycles. The van der Waals surface area contributed by atoms with Crippen molar-refractivity contribution in [2.45, 2.75) is 38.1 Å². The van der Waals surface area contributed by atoms with Crippen LogP contribution in [0.2, 0.25) is 0 Å². The zero-order valence-electron chi connectivity index (χ0n) is 20.2. The molecule has 0 unspecified atom stereocenters. The summed E-state index contributed by atoms with van der Waals surface area (Å²) in [6.45, 7) is 2.80. The van der Waals surface area contributed by atoms with Gasteiger partial charge in [0.25, 0.3) is 0 Å². The number of carbonyl (C=O) groups is 3. The van der Waals surface area contributed by atoms with Crippen molar-refractivity contribution in [2.75, 3.05) is 33.4 Å². The number of hydrogen-bond acceptors (Lipinski definition) is 5. The van der Waals surface area contributed by atoms with E-state index in [1.807, 2.05) is 36.4 Å². The first-order valence-electron chi connectivity index (χ1n) is 12.0. The van der Waals surface area contributed by atoms with E-state index in [9.17, 15) is 19.5 Å². The molecule has 1 aliphatic heterocycles. The second kappa shape index (κ2) is 10.5. The number of nitrogens with one attached hydrogen (secondary N) is 1. The normalized spacial score (nSPS) is 17.3. The number of amides is 2. The maximum Gasteiger partial charge on any atom is 0.407 e. The largest absolute Gasteiger partial charge is 0.481 e. The molecule has 4 rings (SSSR count). The molecular formula is C27H32N2O6. The van der Waals surface area contributed by atoms with E-state index in [0.717, 1.165) is 22.3 Å². The van der Waals surface area contributed by atoms with Crippen LogP contribution in [0.4, 0.5) is 4.79 Å². The summed E-state index contributed by atoms with van der Waals surface area (Å²) in [4.78, 5) is 38.9. The third kappa shape index (κ3) is 5.03. The lowest BCUT2D eigenvalue weighted by Gasteiger charge is -2.39. The van der Waals surface area contributed by atoms with Crippen molar-refractivity contribution in [3.05, 3.63) is 59.7 Å². The van der Waals surface area contributed by atoms with Crippen molar-refractivity contribution in [1.82, 2.24) is 10.2 Å². The van der Waals surface area contributed by atoms with Crippen molar-refractivity contribution in [3.63, 3.8) is 0 Å². The maximum atomic E-state index is 12.9. The number of fused-ring (bicyclic) bond motifs is 3. The van der Waals surface area contributed by atoms with Gasteiger partial charge in [-0.05, 0) is 48.4 Å². The molecule has 186 valence electrons. The van der Waals surface area contributed by atoms with Crippen LogP contribution in [-0.2, 0) is 19.1 Å². The van der Waals surface area contributed by atoms with Gasteiger partial charge in [0.15, 0.2) is 0 Å². The third-order valence-electron chi connectivity index (χ3n) is 7.32. The fourth-order valence-corrected chi connectivity index (χ4v) is 5.18. The SMILES string of the molecule is COCCC1(C(=O)O)CCN(C(=O)[C@H](C)NC(=O)OCC2c3ccccc3-c3ccccc32)CC1. The number of hydrogen-bond donors (Lipinski definition) is 2. The van der Waals surface area contributed by atoms with E-state index >= 15 is 0 Å². The van der Waals surface area contributed by atoms with Crippen molar-refractivity contribution in [1.29, 1.82) is 0 Å². The first-order chi connectivity index (χ1) is 16.9. The molecule has 0 spiro atoms. The smallest absolute Gasteiger partial charge is 0.407 e. The number of aliphatic carboxylic acids is 1. The van der Waals surface area contributed by atoms with E-state index in [0.29, 0.717) is 39.0 Å². The van der Waals surface area contributed by atoms with Gasteiger partial charge in [-0.1, -0.05) is 48.5 Å². The summed E-state index contributed by atoms with van der Waals surface area (Å²) < 4.78 is 10.6. The number of alkyl carbamates (subject to hydrolysis) is 1. The number of nitrogens with zero attached hydrogens (tertiary/aromatic N) is 1. The highest BCUT2D eigenvalue weighted by molar-refractivity contribution is 5.86. The minimum atomic E-state index is -0.879. The molecule has 0 aromatic heterocycles. The van der Waals surface area contributed by atoms with Crippen LogP contribution in [0.1, 0.15) is 43.2 Å². The molecule has 1 fully saturated rings. The third-order valence-corrected chi connectivity index (χ3v) is 7.32. The first-order valence-corrected chi connectivity index (χ1v) is 12.0. The van der Waals surface area contributed by atoms with Gasteiger partial charge < -0.3 is 24.8 Å². The van der Waals surface area contributed by atoms with Gasteiger partial charge >= 0.3 is 12.1 Å². The number of ether oxygens (including phenoxy) is 2. The predicted molar refractivity (Wildman–Crippen MR) is 130 cm³/mol. The summed E-state index contributed by atoms with van der Waals surface area (Å²) in [7, 11) is 1.55. The summed E-state index contributed by atoms with van der Waals surface area (Å²) >= 11 is 0. The Labute approximate surface area is 205 Å². The van der Waals surface area contributed by atoms with Gasteiger partial charge in [0, 0.05) is 32.7 Å². The quantitative estimate of drug-likeness (QED) is 0.598. The zero-order valence-corrected chi connectivity index (χ0v) is 20.2. The number of benzene rings is 2. The monoisotopic (exact) mass is 480 g/mol. The summed E-state index contributed by atoms with van der Waals surface area (Å²) in [5.41, 5.74) is 3.65. The van der Waals surface area contributed by atoms with Crippen LogP contribution in [-0.4, -0.2) is 67.4 Å². The minimum absolute atomic E-state index is 0.0579. The van der Waals surface area contributed by atoms with Gasteiger partial charge in [-0.3, -0.25) is 9.59 Å². The molecule has 2 aromatic rings. The molecule has 0 bridgehead atoms. The van der Waals surface area contributed by atoms with E-state index in [4.69, 9.17) is 9.47 Å². The molecule has 0 saturated carbocycles. The number of carbonyl (C=O) groups excluding carboxylic acids is 2. The highest BCUT2D eigenvalue weighted by atomic mass is 16.5. The van der Waals surface area contributed by atoms with E-state index in [1.54, 1.807) is 18.9 Å². The Morgan fingerprint density at radius 1 is 1.06 bits per heavy atom. The maximum absolute atomic E-state index is 12.9. The standard InChI is InChI=1S/C27H32N2O6/c1-18(24(30)29-14-11-27(12-15-29,25(31)32)13-16-34-2)28-26(33)35-17-23-21-9-5-3-7-19(21)20-8-4-6-10-22(20)23/h3-10,18,23H,11-17H2,1-2H3,(H,28,33)(H,31,32)/t18-/m0/s1. The molecule has 1 saturated heterocycles. The molecule has 1 atom stereocenters. The van der Waals surface area contributed by atoms with Crippen LogP contribution in [0.3, 0.4) is 0 Å². The summed E-state index contributed by atoms with van der Waals surface area (Å²) in [6, 6.07) is 15.4. The highest BCUT2D eigenvalue weighted by Gasteiger charge is 2.42. The molecule has 2 N–H and O–H groups in total. The second-order valence-electron chi connectivity index (χ2n) is 9.35. The average molecular weight is 481 g/mol. The fourth-order valence-electron chi connectivity index (χ4n) is 5.18. The van der Waals surface area contributed by atoms with Gasteiger partial charge in [0.1, 0.15) is 12.6 Å². The molecule has 8 heteroatoms. The van der Waals surface area contributed by atoms with E-state index in [-0.39, 0.29) is 18.4 Å². The van der Waals surface area contributed by atoms with Crippen molar-refractivity contribution < 1.29 is 29.0 Å². The highest BCUT2D eigenvalue weighted by Crippen LogP contribution is 2.44. The van der Waals surface area contributed by atoms with Gasteiger partial charge in [-0.25, -0.2) is 4.79 Å². The van der Waals surface area contributed by atoms with E-state index in [2.05, 4.69) is 17.4 Å². The van der Waals surface area contributed by atoms with Crippen LogP contribution in [0, 0.1) is 5.41 Å². The van der Waals surface area contributed by atoms with Gasteiger partial charge in [0.2, 0.25) is 5.91 Å². The Kier molecular flexibility index (Phi) is 7.40. The topological polar surface area (TPSA) is 105 Å². The summed E-state index contributed by atoms with van der Waals surface area (Å²) in [5.74, 6) is -1.16. The van der Waals surface area contributed by atoms with Gasteiger partial charge in [-0.2, -0.15) is 0 Å². The number of carboxylic acids is 1. The van der Waals surface area contributed by atoms with Crippen molar-refractivity contribution in [3.8, 4) is 11.1 Å².